The Balaban J connectivity index is 3.42. The fourth-order valence-corrected chi connectivity index (χ4v) is 1.37. The molecule has 0 saturated carbocycles. The number of unbranched alkanes of at least 4 members (excludes halogenated alkanes) is 1. The molecular formula is C12H26O2. The minimum atomic E-state index is 0.221. The van der Waals surface area contributed by atoms with E-state index in [1.54, 1.807) is 7.11 Å². The lowest BCUT2D eigenvalue weighted by molar-refractivity contribution is 0.00459. The third-order valence-electron chi connectivity index (χ3n) is 2.65. The maximum Gasteiger partial charge on any atom is 0.0776 e. The molecule has 2 atom stereocenters. The van der Waals surface area contributed by atoms with Gasteiger partial charge in [-0.25, -0.2) is 0 Å². The average Bonchev–Trinajstić information content (AvgIpc) is 2.22. The lowest BCUT2D eigenvalue weighted by Gasteiger charge is -2.16. The van der Waals surface area contributed by atoms with E-state index < -0.39 is 0 Å². The SMILES string of the molecule is CCCCC(CC)COCC(C)OC. The van der Waals surface area contributed by atoms with Crippen molar-refractivity contribution >= 4 is 0 Å². The summed E-state index contributed by atoms with van der Waals surface area (Å²) in [6, 6.07) is 0. The number of methoxy groups -OCH3 is 1. The molecule has 0 fully saturated rings. The second kappa shape index (κ2) is 9.47. The predicted octanol–water partition coefficient (Wildman–Crippen LogP) is 3.25. The first kappa shape index (κ1) is 13.9. The zero-order valence-corrected chi connectivity index (χ0v) is 10.2. The molecule has 0 aromatic rings. The standard InChI is InChI=1S/C12H26O2/c1-5-7-8-12(6-2)10-14-9-11(3)13-4/h11-12H,5-10H2,1-4H3. The summed E-state index contributed by atoms with van der Waals surface area (Å²) in [6.45, 7) is 8.13. The van der Waals surface area contributed by atoms with Crippen molar-refractivity contribution in [2.24, 2.45) is 5.92 Å². The lowest BCUT2D eigenvalue weighted by Crippen LogP contribution is -2.17. The molecule has 0 N–H and O–H groups in total. The highest BCUT2D eigenvalue weighted by atomic mass is 16.5. The fraction of sp³-hybridized carbons (Fsp3) is 1.00. The molecule has 0 aliphatic rings. The summed E-state index contributed by atoms with van der Waals surface area (Å²) in [5.74, 6) is 0.735. The van der Waals surface area contributed by atoms with Gasteiger partial charge in [-0.3, -0.25) is 0 Å². The molecule has 2 unspecified atom stereocenters. The zero-order chi connectivity index (χ0) is 10.8. The molecule has 0 spiro atoms. The first-order chi connectivity index (χ1) is 6.74. The number of hydrogen-bond donors (Lipinski definition) is 0. The van der Waals surface area contributed by atoms with Crippen LogP contribution in [0, 0.1) is 5.92 Å². The Morgan fingerprint density at radius 1 is 1.14 bits per heavy atom. The second-order valence-corrected chi connectivity index (χ2v) is 4.00. The van der Waals surface area contributed by atoms with E-state index in [1.807, 2.05) is 6.92 Å². The molecule has 0 rings (SSSR count). The van der Waals surface area contributed by atoms with Gasteiger partial charge < -0.3 is 9.47 Å². The monoisotopic (exact) mass is 202 g/mol. The zero-order valence-electron chi connectivity index (χ0n) is 10.2. The number of ether oxygens (including phenoxy) is 2. The van der Waals surface area contributed by atoms with Gasteiger partial charge in [-0.05, 0) is 19.3 Å². The van der Waals surface area contributed by atoms with Crippen LogP contribution in [0.3, 0.4) is 0 Å². The molecule has 0 amide bonds. The smallest absolute Gasteiger partial charge is 0.0776 e. The fourth-order valence-electron chi connectivity index (χ4n) is 1.37. The quantitative estimate of drug-likeness (QED) is 0.571. The molecule has 0 aromatic heterocycles. The summed E-state index contributed by atoms with van der Waals surface area (Å²) < 4.78 is 10.7. The molecule has 0 bridgehead atoms. The molecule has 0 radical (unpaired) electrons. The van der Waals surface area contributed by atoms with Crippen LogP contribution < -0.4 is 0 Å². The Morgan fingerprint density at radius 2 is 1.86 bits per heavy atom. The van der Waals surface area contributed by atoms with Crippen LogP contribution in [0.4, 0.5) is 0 Å². The normalized spacial score (nSPS) is 15.4. The van der Waals surface area contributed by atoms with Crippen molar-refractivity contribution in [2.75, 3.05) is 20.3 Å². The summed E-state index contributed by atoms with van der Waals surface area (Å²) in [6.07, 6.45) is 5.35. The van der Waals surface area contributed by atoms with Gasteiger partial charge in [0, 0.05) is 13.7 Å². The van der Waals surface area contributed by atoms with Crippen LogP contribution in [0.1, 0.15) is 46.5 Å². The highest BCUT2D eigenvalue weighted by Gasteiger charge is 2.07. The van der Waals surface area contributed by atoms with Crippen LogP contribution in [0.5, 0.6) is 0 Å². The molecular weight excluding hydrogens is 176 g/mol. The van der Waals surface area contributed by atoms with Gasteiger partial charge in [0.15, 0.2) is 0 Å². The highest BCUT2D eigenvalue weighted by Crippen LogP contribution is 2.12. The summed E-state index contributed by atoms with van der Waals surface area (Å²) in [7, 11) is 1.72. The van der Waals surface area contributed by atoms with Gasteiger partial charge in [0.05, 0.1) is 12.7 Å². The van der Waals surface area contributed by atoms with Crippen molar-refractivity contribution in [2.45, 2.75) is 52.6 Å². The third kappa shape index (κ3) is 7.34. The van der Waals surface area contributed by atoms with E-state index in [-0.39, 0.29) is 6.10 Å². The maximum absolute atomic E-state index is 5.61. The first-order valence-corrected chi connectivity index (χ1v) is 5.85. The second-order valence-electron chi connectivity index (χ2n) is 4.00. The van der Waals surface area contributed by atoms with E-state index in [4.69, 9.17) is 9.47 Å². The van der Waals surface area contributed by atoms with E-state index in [1.165, 1.54) is 25.7 Å². The van der Waals surface area contributed by atoms with E-state index >= 15 is 0 Å². The van der Waals surface area contributed by atoms with Gasteiger partial charge in [-0.1, -0.05) is 33.1 Å². The Labute approximate surface area is 89.0 Å². The minimum absolute atomic E-state index is 0.221. The van der Waals surface area contributed by atoms with Gasteiger partial charge in [0.1, 0.15) is 0 Å². The molecule has 0 saturated heterocycles. The number of rotatable bonds is 9. The van der Waals surface area contributed by atoms with Gasteiger partial charge in [-0.2, -0.15) is 0 Å². The van der Waals surface area contributed by atoms with Crippen LogP contribution in [0.25, 0.3) is 0 Å². The predicted molar refractivity (Wildman–Crippen MR) is 60.6 cm³/mol. The summed E-state index contributed by atoms with van der Waals surface area (Å²) in [5, 5.41) is 0. The van der Waals surface area contributed by atoms with Gasteiger partial charge in [0.2, 0.25) is 0 Å². The van der Waals surface area contributed by atoms with Crippen LogP contribution in [0.15, 0.2) is 0 Å². The number of hydrogen-bond acceptors (Lipinski definition) is 2. The van der Waals surface area contributed by atoms with Crippen molar-refractivity contribution in [3.63, 3.8) is 0 Å². The van der Waals surface area contributed by atoms with Crippen molar-refractivity contribution in [1.82, 2.24) is 0 Å². The van der Waals surface area contributed by atoms with E-state index in [0.717, 1.165) is 19.1 Å². The highest BCUT2D eigenvalue weighted by molar-refractivity contribution is 4.56. The molecule has 86 valence electrons. The Bertz CT molecular complexity index is 115. The minimum Gasteiger partial charge on any atom is -0.379 e. The van der Waals surface area contributed by atoms with Crippen molar-refractivity contribution in [1.29, 1.82) is 0 Å². The van der Waals surface area contributed by atoms with Gasteiger partial charge in [0.25, 0.3) is 0 Å². The van der Waals surface area contributed by atoms with Gasteiger partial charge in [-0.15, -0.1) is 0 Å². The van der Waals surface area contributed by atoms with Crippen LogP contribution in [0.2, 0.25) is 0 Å². The summed E-state index contributed by atoms with van der Waals surface area (Å²) in [4.78, 5) is 0. The van der Waals surface area contributed by atoms with Crippen molar-refractivity contribution in [3.8, 4) is 0 Å². The molecule has 2 heteroatoms. The Morgan fingerprint density at radius 3 is 2.36 bits per heavy atom. The first-order valence-electron chi connectivity index (χ1n) is 5.85. The lowest BCUT2D eigenvalue weighted by atomic mass is 10.0. The average molecular weight is 202 g/mol. The van der Waals surface area contributed by atoms with E-state index in [2.05, 4.69) is 13.8 Å². The topological polar surface area (TPSA) is 18.5 Å². The van der Waals surface area contributed by atoms with Crippen LogP contribution >= 0.6 is 0 Å². The third-order valence-corrected chi connectivity index (χ3v) is 2.65. The molecule has 0 aliphatic heterocycles. The van der Waals surface area contributed by atoms with Crippen LogP contribution in [-0.4, -0.2) is 26.4 Å². The van der Waals surface area contributed by atoms with E-state index in [9.17, 15) is 0 Å². The summed E-state index contributed by atoms with van der Waals surface area (Å²) in [5.41, 5.74) is 0. The van der Waals surface area contributed by atoms with Crippen molar-refractivity contribution < 1.29 is 9.47 Å². The van der Waals surface area contributed by atoms with E-state index in [0.29, 0.717) is 0 Å². The van der Waals surface area contributed by atoms with Gasteiger partial charge >= 0.3 is 0 Å². The summed E-state index contributed by atoms with van der Waals surface area (Å²) >= 11 is 0. The molecule has 0 aliphatic carbocycles. The molecule has 0 aromatic carbocycles. The maximum atomic E-state index is 5.61. The van der Waals surface area contributed by atoms with Crippen LogP contribution in [-0.2, 0) is 9.47 Å². The van der Waals surface area contributed by atoms with Crippen molar-refractivity contribution in [3.05, 3.63) is 0 Å². The molecule has 0 heterocycles. The largest absolute Gasteiger partial charge is 0.379 e. The molecule has 2 nitrogen and oxygen atoms in total. The molecule has 14 heavy (non-hydrogen) atoms. The Hall–Kier alpha value is -0.0800. The Kier molecular flexibility index (Phi) is 9.42.